The van der Waals surface area contributed by atoms with E-state index in [9.17, 15) is 14.0 Å². The molecular weight excluding hydrogens is 357 g/mol. The minimum atomic E-state index is -0.376. The molecule has 0 spiro atoms. The largest absolute Gasteiger partial charge is 0.338 e. The molecule has 2 amide bonds. The maximum Gasteiger partial charge on any atom is 0.228 e. The zero-order valence-electron chi connectivity index (χ0n) is 15.7. The zero-order valence-corrected chi connectivity index (χ0v) is 15.7. The summed E-state index contributed by atoms with van der Waals surface area (Å²) in [4.78, 5) is 26.9. The number of fused-ring (bicyclic) bond motifs is 1. The van der Waals surface area contributed by atoms with Gasteiger partial charge in [-0.2, -0.15) is 0 Å². The molecule has 0 aromatic heterocycles. The van der Waals surface area contributed by atoms with Crippen LogP contribution in [0.4, 0.5) is 10.1 Å². The summed E-state index contributed by atoms with van der Waals surface area (Å²) in [7, 11) is 0. The van der Waals surface area contributed by atoms with Crippen molar-refractivity contribution in [1.82, 2.24) is 10.2 Å². The van der Waals surface area contributed by atoms with Crippen LogP contribution in [-0.4, -0.2) is 36.3 Å². The predicted molar refractivity (Wildman–Crippen MR) is 105 cm³/mol. The Morgan fingerprint density at radius 1 is 1.18 bits per heavy atom. The van der Waals surface area contributed by atoms with E-state index in [1.54, 1.807) is 18.2 Å². The Balaban J connectivity index is 1.42. The fourth-order valence-corrected chi connectivity index (χ4v) is 3.97. The smallest absolute Gasteiger partial charge is 0.228 e. The molecule has 4 rings (SSSR count). The second-order valence-electron chi connectivity index (χ2n) is 7.50. The van der Waals surface area contributed by atoms with Crippen molar-refractivity contribution in [2.45, 2.75) is 25.8 Å². The average molecular weight is 381 g/mol. The van der Waals surface area contributed by atoms with E-state index in [0.29, 0.717) is 17.8 Å². The molecule has 2 heterocycles. The van der Waals surface area contributed by atoms with Crippen molar-refractivity contribution in [1.29, 1.82) is 0 Å². The fraction of sp³-hybridized carbons (Fsp3) is 0.364. The van der Waals surface area contributed by atoms with Gasteiger partial charge in [-0.15, -0.1) is 0 Å². The Kier molecular flexibility index (Phi) is 5.39. The molecule has 5 nitrogen and oxygen atoms in total. The van der Waals surface area contributed by atoms with E-state index in [0.717, 1.165) is 38.0 Å². The van der Waals surface area contributed by atoms with Crippen molar-refractivity contribution in [3.8, 4) is 0 Å². The van der Waals surface area contributed by atoms with Crippen molar-refractivity contribution in [2.24, 2.45) is 5.92 Å². The first-order valence-corrected chi connectivity index (χ1v) is 9.75. The lowest BCUT2D eigenvalue weighted by molar-refractivity contribution is -0.135. The number of carbonyl (C=O) groups excluding carboxylic acids is 2. The van der Waals surface area contributed by atoms with Crippen LogP contribution in [0.2, 0.25) is 0 Å². The minimum absolute atomic E-state index is 0.0109. The number of benzene rings is 2. The van der Waals surface area contributed by atoms with Crippen LogP contribution in [0.25, 0.3) is 0 Å². The average Bonchev–Trinajstić information content (AvgIpc) is 3.23. The topological polar surface area (TPSA) is 61.4 Å². The molecule has 2 aromatic carbocycles. The second-order valence-corrected chi connectivity index (χ2v) is 7.50. The molecule has 0 radical (unpaired) electrons. The molecule has 0 aliphatic carbocycles. The Bertz CT molecular complexity index is 893. The van der Waals surface area contributed by atoms with Gasteiger partial charge in [0.25, 0.3) is 0 Å². The van der Waals surface area contributed by atoms with E-state index in [-0.39, 0.29) is 30.0 Å². The quantitative estimate of drug-likeness (QED) is 0.856. The molecule has 2 aliphatic rings. The number of carbonyl (C=O) groups is 2. The second kappa shape index (κ2) is 8.10. The van der Waals surface area contributed by atoms with E-state index >= 15 is 0 Å². The van der Waals surface area contributed by atoms with Crippen LogP contribution in [-0.2, 0) is 29.0 Å². The van der Waals surface area contributed by atoms with E-state index in [1.807, 2.05) is 23.1 Å². The molecule has 0 saturated carbocycles. The zero-order chi connectivity index (χ0) is 19.5. The molecule has 0 bridgehead atoms. The van der Waals surface area contributed by atoms with Crippen LogP contribution in [0.3, 0.4) is 0 Å². The van der Waals surface area contributed by atoms with Crippen molar-refractivity contribution < 1.29 is 14.0 Å². The molecule has 1 fully saturated rings. The Morgan fingerprint density at radius 3 is 2.82 bits per heavy atom. The Labute approximate surface area is 163 Å². The highest BCUT2D eigenvalue weighted by Crippen LogP contribution is 2.25. The third-order valence-electron chi connectivity index (χ3n) is 5.53. The fourth-order valence-electron chi connectivity index (χ4n) is 3.97. The van der Waals surface area contributed by atoms with Gasteiger partial charge >= 0.3 is 0 Å². The number of nitrogens with zero attached hydrogens (tertiary/aromatic N) is 1. The third kappa shape index (κ3) is 4.07. The number of nitrogens with one attached hydrogen (secondary N) is 2. The van der Waals surface area contributed by atoms with Gasteiger partial charge in [-0.05, 0) is 54.3 Å². The SMILES string of the molecule is O=C(Cc1ccccc1F)Nc1ccc2c(c1)CN(C(=O)C1CCNC1)CC2. The van der Waals surface area contributed by atoms with Crippen LogP contribution < -0.4 is 10.6 Å². The molecule has 2 aromatic rings. The molecule has 1 atom stereocenters. The molecule has 1 unspecified atom stereocenters. The summed E-state index contributed by atoms with van der Waals surface area (Å²) in [6.45, 7) is 2.97. The Morgan fingerprint density at radius 2 is 2.04 bits per heavy atom. The molecule has 146 valence electrons. The van der Waals surface area contributed by atoms with Gasteiger partial charge in [0.15, 0.2) is 0 Å². The normalized spacial score (nSPS) is 18.6. The summed E-state index contributed by atoms with van der Waals surface area (Å²) in [5.74, 6) is -0.348. The van der Waals surface area contributed by atoms with Crippen LogP contribution in [0.15, 0.2) is 42.5 Å². The lowest BCUT2D eigenvalue weighted by Gasteiger charge is -2.31. The summed E-state index contributed by atoms with van der Waals surface area (Å²) in [5, 5.41) is 6.09. The lowest BCUT2D eigenvalue weighted by Crippen LogP contribution is -2.40. The third-order valence-corrected chi connectivity index (χ3v) is 5.53. The standard InChI is InChI=1S/C22H24FN3O2/c23-20-4-2-1-3-16(20)12-21(27)25-19-6-5-15-8-10-26(14-18(15)11-19)22(28)17-7-9-24-13-17/h1-6,11,17,24H,7-10,12-14H2,(H,25,27). The highest BCUT2D eigenvalue weighted by Gasteiger charge is 2.29. The number of hydrogen-bond donors (Lipinski definition) is 2. The van der Waals surface area contributed by atoms with Gasteiger partial charge in [-0.3, -0.25) is 9.59 Å². The molecular formula is C22H24FN3O2. The van der Waals surface area contributed by atoms with Gasteiger partial charge < -0.3 is 15.5 Å². The van der Waals surface area contributed by atoms with Crippen LogP contribution in [0.1, 0.15) is 23.1 Å². The highest BCUT2D eigenvalue weighted by atomic mass is 19.1. The van der Waals surface area contributed by atoms with Gasteiger partial charge in [0.05, 0.1) is 12.3 Å². The summed E-state index contributed by atoms with van der Waals surface area (Å²) < 4.78 is 13.7. The number of anilines is 1. The first-order valence-electron chi connectivity index (χ1n) is 9.75. The summed E-state index contributed by atoms with van der Waals surface area (Å²) in [6, 6.07) is 12.1. The minimum Gasteiger partial charge on any atom is -0.338 e. The number of halogens is 1. The predicted octanol–water partition coefficient (Wildman–Crippen LogP) is 2.50. The maximum absolute atomic E-state index is 13.7. The van der Waals surface area contributed by atoms with E-state index in [2.05, 4.69) is 10.6 Å². The van der Waals surface area contributed by atoms with Gasteiger partial charge in [-0.1, -0.05) is 24.3 Å². The van der Waals surface area contributed by atoms with Crippen molar-refractivity contribution >= 4 is 17.5 Å². The van der Waals surface area contributed by atoms with Gasteiger partial charge in [0.2, 0.25) is 11.8 Å². The van der Waals surface area contributed by atoms with E-state index in [4.69, 9.17) is 0 Å². The summed E-state index contributed by atoms with van der Waals surface area (Å²) >= 11 is 0. The van der Waals surface area contributed by atoms with E-state index in [1.165, 1.54) is 11.6 Å². The van der Waals surface area contributed by atoms with Gasteiger partial charge in [0.1, 0.15) is 5.82 Å². The number of amides is 2. The van der Waals surface area contributed by atoms with Gasteiger partial charge in [-0.25, -0.2) is 4.39 Å². The monoisotopic (exact) mass is 381 g/mol. The molecule has 2 N–H and O–H groups in total. The molecule has 6 heteroatoms. The van der Waals surface area contributed by atoms with Crippen molar-refractivity contribution in [2.75, 3.05) is 25.0 Å². The van der Waals surface area contributed by atoms with E-state index < -0.39 is 0 Å². The Hall–Kier alpha value is -2.73. The number of rotatable bonds is 4. The summed E-state index contributed by atoms with van der Waals surface area (Å²) in [6.07, 6.45) is 1.71. The van der Waals surface area contributed by atoms with Crippen molar-refractivity contribution in [3.05, 3.63) is 65.0 Å². The number of hydrogen-bond acceptors (Lipinski definition) is 3. The molecule has 2 aliphatic heterocycles. The molecule has 1 saturated heterocycles. The first-order chi connectivity index (χ1) is 13.6. The van der Waals surface area contributed by atoms with Crippen molar-refractivity contribution in [3.63, 3.8) is 0 Å². The van der Waals surface area contributed by atoms with Gasteiger partial charge in [0, 0.05) is 25.3 Å². The molecule has 28 heavy (non-hydrogen) atoms. The lowest BCUT2D eigenvalue weighted by atomic mass is 9.97. The maximum atomic E-state index is 13.7. The van der Waals surface area contributed by atoms with Crippen LogP contribution >= 0.6 is 0 Å². The first kappa shape index (κ1) is 18.6. The van der Waals surface area contributed by atoms with Crippen LogP contribution in [0.5, 0.6) is 0 Å². The van der Waals surface area contributed by atoms with Crippen LogP contribution in [0, 0.1) is 11.7 Å². The summed E-state index contributed by atoms with van der Waals surface area (Å²) in [5.41, 5.74) is 3.33. The highest BCUT2D eigenvalue weighted by molar-refractivity contribution is 5.92.